The molecule has 3 rings (SSSR count). The van der Waals surface area contributed by atoms with Crippen molar-refractivity contribution in [3.8, 4) is 0 Å². The Labute approximate surface area is 157 Å². The van der Waals surface area contributed by atoms with E-state index in [0.29, 0.717) is 15.8 Å². The minimum atomic E-state index is -0.0702. The fourth-order valence-corrected chi connectivity index (χ4v) is 3.97. The van der Waals surface area contributed by atoms with Crippen LogP contribution in [0.5, 0.6) is 0 Å². The van der Waals surface area contributed by atoms with Crippen LogP contribution in [-0.2, 0) is 11.3 Å². The normalized spacial score (nSPS) is 16.1. The zero-order chi connectivity index (χ0) is 17.8. The summed E-state index contributed by atoms with van der Waals surface area (Å²) in [7, 11) is 0. The highest BCUT2D eigenvalue weighted by Gasteiger charge is 2.32. The molecule has 1 aliphatic heterocycles. The Morgan fingerprint density at radius 3 is 2.52 bits per heavy atom. The standard InChI is InChI=1S/C19H20N2O2S2/c1-3-20(4-2)15-9-7-14(8-10-15)12-17-18(22)21(19(24)25-17)13-16-6-5-11-23-16/h5-12H,3-4,13H2,1-2H3/b17-12-. The van der Waals surface area contributed by atoms with E-state index in [1.165, 1.54) is 17.4 Å². The van der Waals surface area contributed by atoms with Gasteiger partial charge in [0.15, 0.2) is 0 Å². The highest BCUT2D eigenvalue weighted by molar-refractivity contribution is 8.26. The Morgan fingerprint density at radius 2 is 1.92 bits per heavy atom. The lowest BCUT2D eigenvalue weighted by Crippen LogP contribution is -2.27. The van der Waals surface area contributed by atoms with E-state index in [9.17, 15) is 4.79 Å². The number of carbonyl (C=O) groups is 1. The molecule has 0 radical (unpaired) electrons. The summed E-state index contributed by atoms with van der Waals surface area (Å²) in [6.07, 6.45) is 3.49. The Bertz CT molecular complexity index is 778. The van der Waals surface area contributed by atoms with Crippen LogP contribution in [0.1, 0.15) is 25.2 Å². The number of thioether (sulfide) groups is 1. The molecule has 1 aliphatic rings. The third kappa shape index (κ3) is 3.96. The van der Waals surface area contributed by atoms with Crippen molar-refractivity contribution in [2.45, 2.75) is 20.4 Å². The molecule has 1 amide bonds. The van der Waals surface area contributed by atoms with E-state index >= 15 is 0 Å². The summed E-state index contributed by atoms with van der Waals surface area (Å²) in [4.78, 5) is 17.1. The number of benzene rings is 1. The molecule has 0 aliphatic carbocycles. The van der Waals surface area contributed by atoms with E-state index in [-0.39, 0.29) is 5.91 Å². The van der Waals surface area contributed by atoms with Crippen molar-refractivity contribution >= 4 is 46.0 Å². The highest BCUT2D eigenvalue weighted by Crippen LogP contribution is 2.33. The second-order valence-corrected chi connectivity index (χ2v) is 7.29. The lowest BCUT2D eigenvalue weighted by atomic mass is 10.1. The summed E-state index contributed by atoms with van der Waals surface area (Å²) >= 11 is 6.68. The van der Waals surface area contributed by atoms with E-state index in [1.807, 2.05) is 24.3 Å². The number of amides is 1. The number of thiocarbonyl (C=S) groups is 1. The van der Waals surface area contributed by atoms with E-state index in [1.54, 1.807) is 17.2 Å². The monoisotopic (exact) mass is 372 g/mol. The Hall–Kier alpha value is -2.05. The molecular weight excluding hydrogens is 352 g/mol. The van der Waals surface area contributed by atoms with Gasteiger partial charge in [-0.25, -0.2) is 0 Å². The molecule has 1 aromatic carbocycles. The van der Waals surface area contributed by atoms with Gasteiger partial charge in [0.05, 0.1) is 17.7 Å². The Kier molecular flexibility index (Phi) is 5.60. The number of rotatable bonds is 6. The molecule has 0 atom stereocenters. The van der Waals surface area contributed by atoms with Crippen LogP contribution in [0.3, 0.4) is 0 Å². The number of furan rings is 1. The van der Waals surface area contributed by atoms with Crippen LogP contribution < -0.4 is 4.90 Å². The van der Waals surface area contributed by atoms with Crippen molar-refractivity contribution in [1.29, 1.82) is 0 Å². The quantitative estimate of drug-likeness (QED) is 0.550. The van der Waals surface area contributed by atoms with Crippen molar-refractivity contribution in [2.75, 3.05) is 18.0 Å². The minimum Gasteiger partial charge on any atom is -0.467 e. The molecule has 1 fully saturated rings. The maximum Gasteiger partial charge on any atom is 0.266 e. The maximum atomic E-state index is 12.6. The lowest BCUT2D eigenvalue weighted by Gasteiger charge is -2.20. The summed E-state index contributed by atoms with van der Waals surface area (Å²) in [6, 6.07) is 11.9. The van der Waals surface area contributed by atoms with E-state index in [2.05, 4.69) is 30.9 Å². The molecule has 4 nitrogen and oxygen atoms in total. The maximum absolute atomic E-state index is 12.6. The molecule has 130 valence electrons. The van der Waals surface area contributed by atoms with Crippen molar-refractivity contribution in [3.63, 3.8) is 0 Å². The molecule has 2 aromatic rings. The predicted octanol–water partition coefficient (Wildman–Crippen LogP) is 4.53. The first-order valence-corrected chi connectivity index (χ1v) is 9.47. The number of anilines is 1. The average Bonchev–Trinajstić information content (AvgIpc) is 3.22. The van der Waals surface area contributed by atoms with Gasteiger partial charge >= 0.3 is 0 Å². The van der Waals surface area contributed by atoms with Gasteiger partial charge < -0.3 is 9.32 Å². The van der Waals surface area contributed by atoms with Crippen molar-refractivity contribution < 1.29 is 9.21 Å². The molecule has 0 N–H and O–H groups in total. The molecule has 2 heterocycles. The van der Waals surface area contributed by atoms with Gasteiger partial charge in [-0.15, -0.1) is 0 Å². The summed E-state index contributed by atoms with van der Waals surface area (Å²) < 4.78 is 5.88. The Balaban J connectivity index is 1.75. The fourth-order valence-electron chi connectivity index (χ4n) is 2.72. The molecule has 1 aromatic heterocycles. The third-order valence-corrected chi connectivity index (χ3v) is 5.46. The number of carbonyl (C=O) groups excluding carboxylic acids is 1. The smallest absolute Gasteiger partial charge is 0.266 e. The topological polar surface area (TPSA) is 36.7 Å². The average molecular weight is 373 g/mol. The van der Waals surface area contributed by atoms with Crippen LogP contribution in [0.15, 0.2) is 52.0 Å². The number of hydrogen-bond donors (Lipinski definition) is 0. The van der Waals surface area contributed by atoms with Crippen LogP contribution in [-0.4, -0.2) is 28.2 Å². The molecule has 1 saturated heterocycles. The van der Waals surface area contributed by atoms with Gasteiger partial charge in [-0.05, 0) is 49.8 Å². The zero-order valence-corrected chi connectivity index (χ0v) is 15.9. The largest absolute Gasteiger partial charge is 0.467 e. The summed E-state index contributed by atoms with van der Waals surface area (Å²) in [6.45, 7) is 6.60. The SMILES string of the molecule is CCN(CC)c1ccc(/C=C2\SC(=S)N(Cc3ccco3)C2=O)cc1. The minimum absolute atomic E-state index is 0.0702. The molecule has 0 saturated carbocycles. The van der Waals surface area contributed by atoms with Gasteiger partial charge in [0.1, 0.15) is 10.1 Å². The van der Waals surface area contributed by atoms with Crippen LogP contribution in [0, 0.1) is 0 Å². The first-order valence-electron chi connectivity index (χ1n) is 8.25. The number of hydrogen-bond acceptors (Lipinski definition) is 5. The molecule has 0 unspecified atom stereocenters. The molecule has 0 spiro atoms. The van der Waals surface area contributed by atoms with E-state index in [0.717, 1.165) is 24.4 Å². The third-order valence-electron chi connectivity index (χ3n) is 4.09. The fraction of sp³-hybridized carbons (Fsp3) is 0.263. The summed E-state index contributed by atoms with van der Waals surface area (Å²) in [5.74, 6) is 0.653. The van der Waals surface area contributed by atoms with Gasteiger partial charge in [-0.3, -0.25) is 9.69 Å². The van der Waals surface area contributed by atoms with Crippen LogP contribution in [0.4, 0.5) is 5.69 Å². The first-order chi connectivity index (χ1) is 12.1. The summed E-state index contributed by atoms with van der Waals surface area (Å²) in [5.41, 5.74) is 2.18. The van der Waals surface area contributed by atoms with Crippen molar-refractivity contribution in [3.05, 3.63) is 58.9 Å². The van der Waals surface area contributed by atoms with Gasteiger partial charge in [0, 0.05) is 18.8 Å². The van der Waals surface area contributed by atoms with Crippen molar-refractivity contribution in [2.24, 2.45) is 0 Å². The molecular formula is C19H20N2O2S2. The van der Waals surface area contributed by atoms with E-state index in [4.69, 9.17) is 16.6 Å². The van der Waals surface area contributed by atoms with Crippen LogP contribution in [0.25, 0.3) is 6.08 Å². The highest BCUT2D eigenvalue weighted by atomic mass is 32.2. The molecule has 25 heavy (non-hydrogen) atoms. The lowest BCUT2D eigenvalue weighted by molar-refractivity contribution is -0.122. The van der Waals surface area contributed by atoms with Gasteiger partial charge in [-0.1, -0.05) is 36.1 Å². The van der Waals surface area contributed by atoms with Crippen LogP contribution in [0.2, 0.25) is 0 Å². The first kappa shape index (κ1) is 17.8. The van der Waals surface area contributed by atoms with Gasteiger partial charge in [-0.2, -0.15) is 0 Å². The summed E-state index contributed by atoms with van der Waals surface area (Å²) in [5, 5.41) is 0. The predicted molar refractivity (Wildman–Crippen MR) is 107 cm³/mol. The second-order valence-electron chi connectivity index (χ2n) is 5.61. The molecule has 0 bridgehead atoms. The zero-order valence-electron chi connectivity index (χ0n) is 14.3. The van der Waals surface area contributed by atoms with Crippen molar-refractivity contribution in [1.82, 2.24) is 4.90 Å². The molecule has 6 heteroatoms. The second kappa shape index (κ2) is 7.89. The number of nitrogens with zero attached hydrogens (tertiary/aromatic N) is 2. The van der Waals surface area contributed by atoms with Gasteiger partial charge in [0.25, 0.3) is 5.91 Å². The Morgan fingerprint density at radius 1 is 1.20 bits per heavy atom. The van der Waals surface area contributed by atoms with Crippen LogP contribution >= 0.6 is 24.0 Å². The van der Waals surface area contributed by atoms with E-state index < -0.39 is 0 Å². The van der Waals surface area contributed by atoms with Gasteiger partial charge in [0.2, 0.25) is 0 Å².